The Hall–Kier alpha value is -3.12. The third-order valence-corrected chi connectivity index (χ3v) is 9.83. The SMILES string of the molecule is CC/C=C/C=C/C=C/CCCCCCCC(=O)OC(COC(=O)CCCCCCC/C=C/C/C=C/C/C=C/C/C=C/CCCCC)CO[C@H]1O[C@@H](CO)[C@@H](O)C(O)C1O. The number of carbonyl (C=O) groups is 2. The third-order valence-electron chi connectivity index (χ3n) is 9.83. The first kappa shape index (κ1) is 53.9. The first-order valence-electron chi connectivity index (χ1n) is 22.7. The van der Waals surface area contributed by atoms with Gasteiger partial charge in [-0.1, -0.05) is 150 Å². The molecule has 4 N–H and O–H groups in total. The highest BCUT2D eigenvalue weighted by Crippen LogP contribution is 2.22. The van der Waals surface area contributed by atoms with Crippen LogP contribution in [0.5, 0.6) is 0 Å². The number of carbonyl (C=O) groups excluding carboxylic acids is 2. The fourth-order valence-electron chi connectivity index (χ4n) is 6.23. The van der Waals surface area contributed by atoms with Crippen molar-refractivity contribution in [1.29, 1.82) is 0 Å². The van der Waals surface area contributed by atoms with Gasteiger partial charge in [0, 0.05) is 12.8 Å². The van der Waals surface area contributed by atoms with Crippen molar-refractivity contribution in [2.45, 2.75) is 192 Å². The van der Waals surface area contributed by atoms with E-state index >= 15 is 0 Å². The Morgan fingerprint density at radius 2 is 1.07 bits per heavy atom. The molecule has 0 aromatic rings. The molecule has 0 bridgehead atoms. The van der Waals surface area contributed by atoms with Gasteiger partial charge in [0.25, 0.3) is 0 Å². The summed E-state index contributed by atoms with van der Waals surface area (Å²) in [4.78, 5) is 25.3. The summed E-state index contributed by atoms with van der Waals surface area (Å²) in [5.41, 5.74) is 0. The molecule has 1 aliphatic rings. The first-order chi connectivity index (χ1) is 28.8. The molecule has 10 heteroatoms. The van der Waals surface area contributed by atoms with Crippen LogP contribution in [0, 0.1) is 0 Å². The maximum atomic E-state index is 12.7. The second-order valence-corrected chi connectivity index (χ2v) is 15.2. The fraction of sp³-hybridized carbons (Fsp3) is 0.673. The lowest BCUT2D eigenvalue weighted by Gasteiger charge is -2.39. The van der Waals surface area contributed by atoms with Crippen molar-refractivity contribution < 1.29 is 49.0 Å². The minimum atomic E-state index is -1.61. The van der Waals surface area contributed by atoms with E-state index in [1.54, 1.807) is 0 Å². The van der Waals surface area contributed by atoms with Gasteiger partial charge in [0.15, 0.2) is 12.4 Å². The van der Waals surface area contributed by atoms with Crippen LogP contribution < -0.4 is 0 Å². The van der Waals surface area contributed by atoms with E-state index in [-0.39, 0.29) is 26.1 Å². The Bertz CT molecular complexity index is 1230. The molecule has 59 heavy (non-hydrogen) atoms. The van der Waals surface area contributed by atoms with Crippen molar-refractivity contribution in [2.75, 3.05) is 19.8 Å². The van der Waals surface area contributed by atoms with Crippen molar-refractivity contribution in [3.8, 4) is 0 Å². The van der Waals surface area contributed by atoms with E-state index < -0.39 is 55.4 Å². The minimum Gasteiger partial charge on any atom is -0.462 e. The van der Waals surface area contributed by atoms with Gasteiger partial charge in [-0.25, -0.2) is 0 Å². The number of aliphatic hydroxyl groups is 4. The lowest BCUT2D eigenvalue weighted by atomic mass is 9.99. The summed E-state index contributed by atoms with van der Waals surface area (Å²) in [7, 11) is 0. The number of hydrogen-bond acceptors (Lipinski definition) is 10. The molecule has 0 radical (unpaired) electrons. The normalized spacial score (nSPS) is 20.8. The van der Waals surface area contributed by atoms with E-state index in [0.717, 1.165) is 89.9 Å². The summed E-state index contributed by atoms with van der Waals surface area (Å²) >= 11 is 0. The van der Waals surface area contributed by atoms with Gasteiger partial charge in [-0.3, -0.25) is 9.59 Å². The summed E-state index contributed by atoms with van der Waals surface area (Å²) in [6.45, 7) is 3.20. The van der Waals surface area contributed by atoms with Crippen LogP contribution in [-0.2, 0) is 28.5 Å². The monoisotopic (exact) mass is 829 g/mol. The third kappa shape index (κ3) is 30.5. The van der Waals surface area contributed by atoms with Crippen LogP contribution >= 0.6 is 0 Å². The number of esters is 2. The average molecular weight is 829 g/mol. The number of hydrogen-bond donors (Lipinski definition) is 4. The number of ether oxygens (including phenoxy) is 4. The topological polar surface area (TPSA) is 152 Å². The zero-order chi connectivity index (χ0) is 43.0. The van der Waals surface area contributed by atoms with E-state index in [1.807, 2.05) is 18.2 Å². The number of rotatable bonds is 36. The van der Waals surface area contributed by atoms with Gasteiger partial charge < -0.3 is 39.4 Å². The number of allylic oxidation sites excluding steroid dienone is 14. The molecule has 336 valence electrons. The molecule has 0 spiro atoms. The van der Waals surface area contributed by atoms with Crippen LogP contribution in [-0.4, -0.2) is 89.0 Å². The van der Waals surface area contributed by atoms with Crippen molar-refractivity contribution in [2.24, 2.45) is 0 Å². The molecule has 1 saturated heterocycles. The van der Waals surface area contributed by atoms with Gasteiger partial charge >= 0.3 is 11.9 Å². The Morgan fingerprint density at radius 1 is 0.559 bits per heavy atom. The Kier molecular flexibility index (Phi) is 35.7. The molecular weight excluding hydrogens is 749 g/mol. The molecule has 0 saturated carbocycles. The summed E-state index contributed by atoms with van der Waals surface area (Å²) in [5, 5.41) is 40.1. The molecule has 0 aromatic carbocycles. The second-order valence-electron chi connectivity index (χ2n) is 15.2. The summed E-state index contributed by atoms with van der Waals surface area (Å²) in [5.74, 6) is -0.861. The molecule has 1 rings (SSSR count). The van der Waals surface area contributed by atoms with E-state index in [1.165, 1.54) is 25.7 Å². The standard InChI is InChI=1S/C49H80O10/c1-3-5-7-9-11-13-15-17-18-19-20-21-22-23-24-26-27-29-31-33-35-37-44(51)56-40-42(41-57-49-48(55)47(54)46(53)43(39-50)59-49)58-45(52)38-36-34-32-30-28-25-16-14-12-10-8-6-4-2/h6,8,10-14,16-18,20-21,23-24,42-43,46-50,53-55H,3-5,7,9,15,19,22,25-41H2,1-2H3/b8-6+,12-10+,13-11+,16-14+,18-17+,21-20+,24-23+/t42?,43-,46+,47?,48?,49-/m0/s1. The highest BCUT2D eigenvalue weighted by atomic mass is 16.7. The Labute approximate surface area is 356 Å². The largest absolute Gasteiger partial charge is 0.462 e. The predicted octanol–water partition coefficient (Wildman–Crippen LogP) is 9.77. The van der Waals surface area contributed by atoms with E-state index in [0.29, 0.717) is 12.8 Å². The molecular formula is C49H80O10. The lowest BCUT2D eigenvalue weighted by Crippen LogP contribution is -2.59. The highest BCUT2D eigenvalue weighted by Gasteiger charge is 2.44. The van der Waals surface area contributed by atoms with Crippen LogP contribution in [0.2, 0.25) is 0 Å². The maximum absolute atomic E-state index is 12.7. The van der Waals surface area contributed by atoms with Gasteiger partial charge in [0.1, 0.15) is 31.0 Å². The fourth-order valence-corrected chi connectivity index (χ4v) is 6.23. The van der Waals surface area contributed by atoms with Crippen molar-refractivity contribution in [3.63, 3.8) is 0 Å². The molecule has 1 heterocycles. The Balaban J connectivity index is 2.34. The molecule has 0 aliphatic carbocycles. The van der Waals surface area contributed by atoms with Crippen molar-refractivity contribution in [1.82, 2.24) is 0 Å². The minimum absolute atomic E-state index is 0.197. The average Bonchev–Trinajstić information content (AvgIpc) is 3.23. The zero-order valence-corrected chi connectivity index (χ0v) is 36.5. The molecule has 6 atom stereocenters. The molecule has 1 aliphatic heterocycles. The van der Waals surface area contributed by atoms with Gasteiger partial charge in [-0.15, -0.1) is 0 Å². The second kappa shape index (κ2) is 39.0. The van der Waals surface area contributed by atoms with E-state index in [9.17, 15) is 30.0 Å². The number of aliphatic hydroxyl groups excluding tert-OH is 4. The van der Waals surface area contributed by atoms with Gasteiger partial charge in [-0.05, 0) is 77.0 Å². The van der Waals surface area contributed by atoms with Gasteiger partial charge in [0.2, 0.25) is 0 Å². The molecule has 1 fully saturated rings. The van der Waals surface area contributed by atoms with Crippen LogP contribution in [0.25, 0.3) is 0 Å². The first-order valence-corrected chi connectivity index (χ1v) is 22.7. The zero-order valence-electron chi connectivity index (χ0n) is 36.5. The summed E-state index contributed by atoms with van der Waals surface area (Å²) in [6, 6.07) is 0. The van der Waals surface area contributed by atoms with Crippen molar-refractivity contribution >= 4 is 11.9 Å². The van der Waals surface area contributed by atoms with Crippen molar-refractivity contribution in [3.05, 3.63) is 85.1 Å². The quantitative estimate of drug-likeness (QED) is 0.0208. The van der Waals surface area contributed by atoms with Crippen LogP contribution in [0.15, 0.2) is 85.1 Å². The van der Waals surface area contributed by atoms with E-state index in [4.69, 9.17) is 18.9 Å². The van der Waals surface area contributed by atoms with E-state index in [2.05, 4.69) is 80.7 Å². The maximum Gasteiger partial charge on any atom is 0.306 e. The van der Waals surface area contributed by atoms with Crippen LogP contribution in [0.1, 0.15) is 155 Å². The molecule has 3 unspecified atom stereocenters. The Morgan fingerprint density at radius 3 is 1.64 bits per heavy atom. The number of unbranched alkanes of at least 4 members (excludes halogenated alkanes) is 13. The predicted molar refractivity (Wildman–Crippen MR) is 237 cm³/mol. The smallest absolute Gasteiger partial charge is 0.306 e. The van der Waals surface area contributed by atoms with Gasteiger partial charge in [0.05, 0.1) is 13.2 Å². The molecule has 0 aromatic heterocycles. The van der Waals surface area contributed by atoms with Gasteiger partial charge in [-0.2, -0.15) is 0 Å². The highest BCUT2D eigenvalue weighted by molar-refractivity contribution is 5.70. The summed E-state index contributed by atoms with van der Waals surface area (Å²) < 4.78 is 22.1. The van der Waals surface area contributed by atoms with Crippen LogP contribution in [0.3, 0.4) is 0 Å². The molecule has 0 amide bonds. The molecule has 10 nitrogen and oxygen atoms in total. The lowest BCUT2D eigenvalue weighted by molar-refractivity contribution is -0.305. The van der Waals surface area contributed by atoms with Crippen LogP contribution in [0.4, 0.5) is 0 Å². The summed E-state index contributed by atoms with van der Waals surface area (Å²) in [6.07, 6.45) is 43.0.